The zero-order valence-corrected chi connectivity index (χ0v) is 52.4. The number of carbonyl (C=O) groups excluding carboxylic acids is 7. The molecule has 5 amide bonds. The number of carboxylic acid groups (broad SMARTS) is 3. The summed E-state index contributed by atoms with van der Waals surface area (Å²) < 4.78 is 19.5. The minimum atomic E-state index is -1.34. The van der Waals surface area contributed by atoms with Crippen molar-refractivity contribution in [3.05, 3.63) is 75.9 Å². The second-order valence-electron chi connectivity index (χ2n) is 21.3. The summed E-state index contributed by atoms with van der Waals surface area (Å²) >= 11 is 13.0. The molecule has 0 aliphatic carbocycles. The van der Waals surface area contributed by atoms with Crippen LogP contribution in [0.15, 0.2) is 54.6 Å². The molecular formula is C56H70Cl2InN11O15. The van der Waals surface area contributed by atoms with Crippen LogP contribution in [0, 0.1) is 0 Å². The van der Waals surface area contributed by atoms with Gasteiger partial charge in [-0.3, -0.25) is 34.0 Å². The van der Waals surface area contributed by atoms with Crippen LogP contribution in [0.3, 0.4) is 0 Å². The number of aliphatic carboxylic acids is 3. The summed E-state index contributed by atoms with van der Waals surface area (Å²) in [5.74, 6) is -4.32. The van der Waals surface area contributed by atoms with E-state index in [1.54, 1.807) is 66.7 Å². The minimum absolute atomic E-state index is 0. The summed E-state index contributed by atoms with van der Waals surface area (Å²) in [5, 5.41) is 72.0. The van der Waals surface area contributed by atoms with Crippen LogP contribution in [-0.2, 0) is 35.3 Å². The normalized spacial score (nSPS) is 16.8. The molecular weight excluding hydrogens is 1250 g/mol. The molecule has 2 saturated heterocycles. The van der Waals surface area contributed by atoms with Crippen LogP contribution in [0.4, 0.5) is 10.5 Å². The predicted octanol–water partition coefficient (Wildman–Crippen LogP) is -2.00. The van der Waals surface area contributed by atoms with Crippen LogP contribution >= 0.6 is 23.2 Å². The predicted molar refractivity (Wildman–Crippen MR) is 307 cm³/mol. The number of aromatic nitrogens is 2. The number of nitrogens with one attached hydrogen (secondary N) is 4. The molecule has 1 aromatic heterocycles. The van der Waals surface area contributed by atoms with Gasteiger partial charge in [-0.05, 0) is 68.7 Å². The number of anilines is 1. The Balaban J connectivity index is 0.0000116. The zero-order chi connectivity index (χ0) is 60.7. The number of fused-ring (bicyclic) bond motifs is 3. The van der Waals surface area contributed by atoms with E-state index in [9.17, 15) is 59.1 Å². The number of hydrogen-bond donors (Lipinski definition) is 6. The van der Waals surface area contributed by atoms with Crippen LogP contribution in [0.2, 0.25) is 10.0 Å². The number of nitrogens with zero attached hydrogens (tertiary/aromatic N) is 7. The average molecular weight is 1320 g/mol. The van der Waals surface area contributed by atoms with Gasteiger partial charge in [0.25, 0.3) is 5.91 Å². The van der Waals surface area contributed by atoms with E-state index in [0.29, 0.717) is 80.6 Å². The molecule has 4 aromatic rings. The largest absolute Gasteiger partial charge is 3.00 e. The first-order valence-corrected chi connectivity index (χ1v) is 28.2. The molecule has 0 bridgehead atoms. The van der Waals surface area contributed by atoms with Gasteiger partial charge in [0.05, 0.1) is 80.3 Å². The second-order valence-corrected chi connectivity index (χ2v) is 22.2. The van der Waals surface area contributed by atoms with Gasteiger partial charge < -0.3 is 80.3 Å². The van der Waals surface area contributed by atoms with Crippen molar-refractivity contribution in [2.75, 3.05) is 130 Å². The smallest absolute Gasteiger partial charge is 0.549 e. The van der Waals surface area contributed by atoms with Gasteiger partial charge in [0.1, 0.15) is 18.1 Å². The number of carbonyl (C=O) groups is 7. The number of halogens is 2. The molecule has 456 valence electrons. The van der Waals surface area contributed by atoms with Crippen molar-refractivity contribution in [2.45, 2.75) is 57.5 Å². The van der Waals surface area contributed by atoms with Crippen LogP contribution in [-0.4, -0.2) is 255 Å². The first-order chi connectivity index (χ1) is 40.0. The van der Waals surface area contributed by atoms with Gasteiger partial charge >= 0.3 is 31.9 Å². The first kappa shape index (κ1) is 67.9. The molecule has 85 heavy (non-hydrogen) atoms. The van der Waals surface area contributed by atoms with E-state index in [0.717, 1.165) is 0 Å². The molecule has 0 unspecified atom stereocenters. The summed E-state index contributed by atoms with van der Waals surface area (Å²) in [6.07, 6.45) is -2.81. The monoisotopic (exact) mass is 1320 g/mol. The van der Waals surface area contributed by atoms with Crippen molar-refractivity contribution in [1.82, 2.24) is 50.2 Å². The summed E-state index contributed by atoms with van der Waals surface area (Å²) in [5.41, 5.74) is 3.61. The molecule has 3 aliphatic rings. The maximum atomic E-state index is 14.4. The van der Waals surface area contributed by atoms with Crippen LogP contribution < -0.4 is 46.1 Å². The molecule has 2 fully saturated rings. The number of urea groups is 1. The van der Waals surface area contributed by atoms with Crippen molar-refractivity contribution < 1.29 is 73.3 Å². The third kappa shape index (κ3) is 19.9. The number of benzene rings is 3. The van der Waals surface area contributed by atoms with E-state index < -0.39 is 73.1 Å². The number of aliphatic hydroxyl groups is 2. The van der Waals surface area contributed by atoms with Gasteiger partial charge in [0.15, 0.2) is 5.69 Å². The fourth-order valence-electron chi connectivity index (χ4n) is 10.2. The van der Waals surface area contributed by atoms with Crippen molar-refractivity contribution in [1.29, 1.82) is 0 Å². The third-order valence-electron chi connectivity index (χ3n) is 14.4. The summed E-state index contributed by atoms with van der Waals surface area (Å²) in [6, 6.07) is 15.1. The maximum absolute atomic E-state index is 14.4. The maximum Gasteiger partial charge on any atom is 3.00 e. The molecule has 7 rings (SSSR count). The Morgan fingerprint density at radius 1 is 0.718 bits per heavy atom. The van der Waals surface area contributed by atoms with E-state index in [2.05, 4.69) is 21.3 Å². The first-order valence-electron chi connectivity index (χ1n) is 27.4. The molecule has 4 heterocycles. The van der Waals surface area contributed by atoms with E-state index >= 15 is 0 Å². The van der Waals surface area contributed by atoms with E-state index in [-0.39, 0.29) is 142 Å². The Hall–Kier alpha value is -6.27. The number of rotatable bonds is 23. The molecule has 3 aromatic carbocycles. The Morgan fingerprint density at radius 2 is 1.29 bits per heavy atom. The molecule has 0 spiro atoms. The van der Waals surface area contributed by atoms with Crippen molar-refractivity contribution in [3.8, 4) is 39.6 Å². The van der Waals surface area contributed by atoms with Crippen LogP contribution in [0.1, 0.15) is 49.2 Å². The van der Waals surface area contributed by atoms with Gasteiger partial charge in [-0.2, -0.15) is 5.10 Å². The number of aliphatic hydroxyl groups excluding tert-OH is 2. The standard InChI is InChI=1S/C56H73Cl2N11O15.In/c1-56(2)34-83-20-19-68(56)54(80)52-44-33-84-46-28-45(82-3)42(27-43(46)53(44)69(63-52)39-23-36(57)22-37(58)24-39)35-5-4-6-38(21-35)62-55(81)61-10-9-60-47(72)26-41(71)25-40(70)7-8-59-48(73)29-64-11-13-65(30-49(74)75)15-17-67(32-51(78)79)18-16-66(14-12-64)31-50(76)77;/h4-6,21-24,27-28,40-41,70-71H,7-20,25-26,29-34H2,1-3H3,(H,59,73)(H,60,72)(H,74,75)(H,76,77)(H,78,79)(H2,61,62,81);/q;+3/p-3/t40-,41-;/m1./s1. The number of amides is 5. The fourth-order valence-corrected chi connectivity index (χ4v) is 10.7. The van der Waals surface area contributed by atoms with Crippen molar-refractivity contribution in [2.24, 2.45) is 0 Å². The van der Waals surface area contributed by atoms with Gasteiger partial charge in [-0.15, -0.1) is 0 Å². The SMILES string of the molecule is COc1cc2c(cc1-c1cccc(NC(=O)NCCNC(=O)C[C@H](O)C[C@H](O)CCNC(=O)CN3CCN(CC(=O)[O-])CCN(CC(=O)[O-])CCN(CC(=O)[O-])CC3)c1)-c1c(c(C(=O)N3CCOCC3(C)C)nn1-c1cc(Cl)cc(Cl)c1)CO2.[In+3]. The van der Waals surface area contributed by atoms with E-state index in [4.69, 9.17) is 42.5 Å². The van der Waals surface area contributed by atoms with Crippen molar-refractivity contribution in [3.63, 3.8) is 0 Å². The molecule has 29 heteroatoms. The zero-order valence-electron chi connectivity index (χ0n) is 47.6. The Kier molecular flexibility index (Phi) is 25.5. The number of hydrogen-bond acceptors (Lipinski definition) is 20. The van der Waals surface area contributed by atoms with Gasteiger partial charge in [-0.25, -0.2) is 9.48 Å². The van der Waals surface area contributed by atoms with Crippen LogP contribution in [0.5, 0.6) is 11.5 Å². The Bertz CT molecular complexity index is 2980. The minimum Gasteiger partial charge on any atom is -0.549 e. The summed E-state index contributed by atoms with van der Waals surface area (Å²) in [4.78, 5) is 95.7. The molecule has 6 N–H and O–H groups in total. The van der Waals surface area contributed by atoms with Gasteiger partial charge in [0, 0.05) is 137 Å². The van der Waals surface area contributed by atoms with Gasteiger partial charge in [-0.1, -0.05) is 35.3 Å². The van der Waals surface area contributed by atoms with Crippen molar-refractivity contribution >= 4 is 96.4 Å². The Morgan fingerprint density at radius 3 is 1.87 bits per heavy atom. The van der Waals surface area contributed by atoms with E-state index in [1.165, 1.54) is 12.0 Å². The molecule has 0 radical (unpaired) electrons. The fraction of sp³-hybridized carbons (Fsp3) is 0.500. The summed E-state index contributed by atoms with van der Waals surface area (Å²) in [7, 11) is 1.53. The third-order valence-corrected chi connectivity index (χ3v) is 14.8. The number of morpholine rings is 1. The quantitative estimate of drug-likeness (QED) is 0.0438. The average Bonchev–Trinajstić information content (AvgIpc) is 1.76. The Labute approximate surface area is 520 Å². The number of carboxylic acids is 3. The molecule has 0 saturated carbocycles. The van der Waals surface area contributed by atoms with Crippen LogP contribution in [0.25, 0.3) is 28.1 Å². The molecule has 2 atom stereocenters. The molecule has 3 aliphatic heterocycles. The number of methoxy groups -OCH3 is 1. The molecule has 26 nitrogen and oxygen atoms in total. The summed E-state index contributed by atoms with van der Waals surface area (Å²) in [6.45, 7) is 4.96. The number of ether oxygens (including phenoxy) is 3. The van der Waals surface area contributed by atoms with Gasteiger partial charge in [0.2, 0.25) is 11.8 Å². The topological polar surface area (TPSA) is 339 Å². The second kappa shape index (κ2) is 31.9. The van der Waals surface area contributed by atoms with E-state index in [1.807, 2.05) is 26.0 Å².